The summed E-state index contributed by atoms with van der Waals surface area (Å²) in [4.78, 5) is 13.4. The quantitative estimate of drug-likeness (QED) is 0.660. The Hall–Kier alpha value is -0.570. The average molecular weight is 184 g/mol. The Bertz CT molecular complexity index is 207. The van der Waals surface area contributed by atoms with Gasteiger partial charge < -0.3 is 10.6 Å². The lowest BCUT2D eigenvalue weighted by atomic mass is 9.83. The Morgan fingerprint density at radius 3 is 2.38 bits per heavy atom. The maximum Gasteiger partial charge on any atom is 0.224 e. The van der Waals surface area contributed by atoms with Gasteiger partial charge in [0, 0.05) is 19.0 Å². The van der Waals surface area contributed by atoms with E-state index in [0.717, 1.165) is 6.54 Å². The number of carbonyl (C=O) groups excluding carboxylic acids is 1. The van der Waals surface area contributed by atoms with E-state index in [1.165, 1.54) is 0 Å². The van der Waals surface area contributed by atoms with Gasteiger partial charge in [-0.1, -0.05) is 20.8 Å². The number of carbonyl (C=O) groups is 1. The van der Waals surface area contributed by atoms with Crippen LogP contribution in [-0.2, 0) is 4.79 Å². The average Bonchev–Trinajstić information content (AvgIpc) is 2.23. The summed E-state index contributed by atoms with van der Waals surface area (Å²) >= 11 is 0. The highest BCUT2D eigenvalue weighted by molar-refractivity contribution is 5.80. The van der Waals surface area contributed by atoms with E-state index in [4.69, 9.17) is 5.73 Å². The van der Waals surface area contributed by atoms with Crippen LogP contribution in [0.5, 0.6) is 0 Å². The third-order valence-corrected chi connectivity index (χ3v) is 2.70. The van der Waals surface area contributed by atoms with Gasteiger partial charge in [0.1, 0.15) is 0 Å². The summed E-state index contributed by atoms with van der Waals surface area (Å²) in [6, 6.07) is 0.206. The molecule has 0 saturated carbocycles. The number of nitrogens with two attached hydrogens (primary N) is 1. The Labute approximate surface area is 80.3 Å². The molecule has 1 aliphatic heterocycles. The standard InChI is InChI=1S/C10H20N2O/c1-5-12-8(13)6-7(11)9(12)10(2,3)4/h7,9H,5-6,11H2,1-4H3. The summed E-state index contributed by atoms with van der Waals surface area (Å²) in [5.74, 6) is 0.204. The van der Waals surface area contributed by atoms with E-state index in [9.17, 15) is 4.79 Å². The first-order valence-corrected chi connectivity index (χ1v) is 4.93. The van der Waals surface area contributed by atoms with Crippen LogP contribution in [0.15, 0.2) is 0 Å². The van der Waals surface area contributed by atoms with Gasteiger partial charge in [-0.25, -0.2) is 0 Å². The van der Waals surface area contributed by atoms with Crippen LogP contribution in [-0.4, -0.2) is 29.4 Å². The number of hydrogen-bond donors (Lipinski definition) is 1. The predicted octanol–water partition coefficient (Wildman–Crippen LogP) is 0.981. The van der Waals surface area contributed by atoms with Gasteiger partial charge >= 0.3 is 0 Å². The van der Waals surface area contributed by atoms with E-state index in [1.54, 1.807) is 0 Å². The molecule has 1 saturated heterocycles. The summed E-state index contributed by atoms with van der Waals surface area (Å²) in [5, 5.41) is 0. The lowest BCUT2D eigenvalue weighted by Crippen LogP contribution is -2.48. The van der Waals surface area contributed by atoms with Gasteiger partial charge in [0.25, 0.3) is 0 Å². The number of likely N-dealkylation sites (tertiary alicyclic amines) is 1. The van der Waals surface area contributed by atoms with E-state index >= 15 is 0 Å². The van der Waals surface area contributed by atoms with Crippen molar-refractivity contribution in [3.05, 3.63) is 0 Å². The van der Waals surface area contributed by atoms with Gasteiger partial charge in [-0.05, 0) is 12.3 Å². The zero-order valence-corrected chi connectivity index (χ0v) is 9.00. The molecule has 3 nitrogen and oxygen atoms in total. The van der Waals surface area contributed by atoms with E-state index in [2.05, 4.69) is 20.8 Å². The molecule has 1 fully saturated rings. The fraction of sp³-hybridized carbons (Fsp3) is 0.900. The second-order valence-electron chi connectivity index (χ2n) is 4.86. The van der Waals surface area contributed by atoms with Crippen molar-refractivity contribution < 1.29 is 4.79 Å². The van der Waals surface area contributed by atoms with Crippen molar-refractivity contribution in [3.8, 4) is 0 Å². The lowest BCUT2D eigenvalue weighted by Gasteiger charge is -2.36. The molecule has 1 rings (SSSR count). The summed E-state index contributed by atoms with van der Waals surface area (Å²) in [6.45, 7) is 9.19. The topological polar surface area (TPSA) is 46.3 Å². The number of amides is 1. The molecule has 0 aromatic carbocycles. The van der Waals surface area contributed by atoms with Crippen LogP contribution in [0.3, 0.4) is 0 Å². The van der Waals surface area contributed by atoms with Crippen molar-refractivity contribution in [2.45, 2.75) is 46.2 Å². The molecule has 0 radical (unpaired) electrons. The predicted molar refractivity (Wildman–Crippen MR) is 53.2 cm³/mol. The molecule has 3 heteroatoms. The molecule has 76 valence electrons. The minimum absolute atomic E-state index is 0.00690. The van der Waals surface area contributed by atoms with Crippen molar-refractivity contribution in [1.82, 2.24) is 4.90 Å². The number of likely N-dealkylation sites (N-methyl/N-ethyl adjacent to an activating group) is 1. The van der Waals surface area contributed by atoms with Gasteiger partial charge in [0.15, 0.2) is 0 Å². The molecule has 13 heavy (non-hydrogen) atoms. The first-order chi connectivity index (χ1) is 5.88. The van der Waals surface area contributed by atoms with Gasteiger partial charge in [-0.2, -0.15) is 0 Å². The van der Waals surface area contributed by atoms with Crippen LogP contribution in [0.4, 0.5) is 0 Å². The Morgan fingerprint density at radius 2 is 2.08 bits per heavy atom. The molecular weight excluding hydrogens is 164 g/mol. The molecule has 1 heterocycles. The second kappa shape index (κ2) is 3.29. The third kappa shape index (κ3) is 1.85. The van der Waals surface area contributed by atoms with Crippen LogP contribution in [0.1, 0.15) is 34.1 Å². The number of rotatable bonds is 1. The normalized spacial score (nSPS) is 29.9. The van der Waals surface area contributed by atoms with Gasteiger partial charge in [-0.3, -0.25) is 4.79 Å². The van der Waals surface area contributed by atoms with Gasteiger partial charge in [-0.15, -0.1) is 0 Å². The first kappa shape index (κ1) is 10.5. The fourth-order valence-electron chi connectivity index (χ4n) is 2.30. The summed E-state index contributed by atoms with van der Waals surface area (Å²) < 4.78 is 0. The maximum absolute atomic E-state index is 11.5. The largest absolute Gasteiger partial charge is 0.338 e. The van der Waals surface area contributed by atoms with Crippen molar-refractivity contribution in [3.63, 3.8) is 0 Å². The maximum atomic E-state index is 11.5. The highest BCUT2D eigenvalue weighted by Gasteiger charge is 2.43. The lowest BCUT2D eigenvalue weighted by molar-refractivity contribution is -0.130. The summed E-state index contributed by atoms with van der Waals surface area (Å²) in [6.07, 6.45) is 0.510. The Kier molecular flexibility index (Phi) is 2.66. The van der Waals surface area contributed by atoms with E-state index < -0.39 is 0 Å². The van der Waals surface area contributed by atoms with E-state index in [0.29, 0.717) is 6.42 Å². The fourth-order valence-corrected chi connectivity index (χ4v) is 2.30. The zero-order chi connectivity index (χ0) is 10.2. The highest BCUT2D eigenvalue weighted by atomic mass is 16.2. The first-order valence-electron chi connectivity index (χ1n) is 4.93. The Morgan fingerprint density at radius 1 is 1.54 bits per heavy atom. The smallest absolute Gasteiger partial charge is 0.224 e. The molecule has 1 aliphatic rings. The number of nitrogens with zero attached hydrogens (tertiary/aromatic N) is 1. The molecule has 0 bridgehead atoms. The molecular formula is C10H20N2O. The van der Waals surface area contributed by atoms with Crippen molar-refractivity contribution in [2.75, 3.05) is 6.54 Å². The highest BCUT2D eigenvalue weighted by Crippen LogP contribution is 2.32. The van der Waals surface area contributed by atoms with E-state index in [1.807, 2.05) is 11.8 Å². The zero-order valence-electron chi connectivity index (χ0n) is 9.00. The van der Waals surface area contributed by atoms with Crippen LogP contribution in [0.25, 0.3) is 0 Å². The molecule has 2 unspecified atom stereocenters. The van der Waals surface area contributed by atoms with Crippen LogP contribution in [0.2, 0.25) is 0 Å². The van der Waals surface area contributed by atoms with Gasteiger partial charge in [0.05, 0.1) is 6.04 Å². The number of hydrogen-bond acceptors (Lipinski definition) is 2. The van der Waals surface area contributed by atoms with Gasteiger partial charge in [0.2, 0.25) is 5.91 Å². The molecule has 0 aromatic heterocycles. The van der Waals surface area contributed by atoms with Crippen LogP contribution >= 0.6 is 0 Å². The second-order valence-corrected chi connectivity index (χ2v) is 4.86. The summed E-state index contributed by atoms with van der Waals surface area (Å²) in [7, 11) is 0. The van der Waals surface area contributed by atoms with Crippen molar-refractivity contribution >= 4 is 5.91 Å². The Balaban J connectivity index is 2.87. The minimum Gasteiger partial charge on any atom is -0.338 e. The molecule has 0 aromatic rings. The molecule has 0 aliphatic carbocycles. The molecule has 2 N–H and O–H groups in total. The van der Waals surface area contributed by atoms with Crippen LogP contribution in [0, 0.1) is 5.41 Å². The van der Waals surface area contributed by atoms with Crippen molar-refractivity contribution in [1.29, 1.82) is 0 Å². The molecule has 1 amide bonds. The van der Waals surface area contributed by atoms with E-state index in [-0.39, 0.29) is 23.4 Å². The third-order valence-electron chi connectivity index (χ3n) is 2.70. The molecule has 2 atom stereocenters. The monoisotopic (exact) mass is 184 g/mol. The van der Waals surface area contributed by atoms with Crippen molar-refractivity contribution in [2.24, 2.45) is 11.1 Å². The SMILES string of the molecule is CCN1C(=O)CC(N)C1C(C)(C)C. The minimum atomic E-state index is 0.00690. The summed E-state index contributed by atoms with van der Waals surface area (Å²) in [5.41, 5.74) is 6.04. The van der Waals surface area contributed by atoms with Crippen LogP contribution < -0.4 is 5.73 Å². The molecule has 0 spiro atoms.